The summed E-state index contributed by atoms with van der Waals surface area (Å²) in [5.41, 5.74) is 0.743. The van der Waals surface area contributed by atoms with Crippen LogP contribution in [-0.2, 0) is 14.8 Å². The number of anilines is 1. The first-order chi connectivity index (χ1) is 13.4. The zero-order valence-electron chi connectivity index (χ0n) is 15.1. The summed E-state index contributed by atoms with van der Waals surface area (Å²) in [4.78, 5) is 24.5. The van der Waals surface area contributed by atoms with Crippen molar-refractivity contribution in [3.8, 4) is 5.75 Å². The second-order valence-corrected chi connectivity index (χ2v) is 7.99. The molecular formula is C20H20N2O5S. The quantitative estimate of drug-likeness (QED) is 0.688. The molecule has 0 aromatic heterocycles. The average Bonchev–Trinajstić information content (AvgIpc) is 2.87. The summed E-state index contributed by atoms with van der Waals surface area (Å²) in [6, 6.07) is 13.0. The van der Waals surface area contributed by atoms with E-state index in [1.165, 1.54) is 12.1 Å². The predicted octanol–water partition coefficient (Wildman–Crippen LogP) is 2.81. The number of carbonyl (C=O) groups is 2. The van der Waals surface area contributed by atoms with Crippen molar-refractivity contribution >= 4 is 27.5 Å². The highest BCUT2D eigenvalue weighted by Gasteiger charge is 2.40. The van der Waals surface area contributed by atoms with Gasteiger partial charge in [-0.2, -0.15) is 0 Å². The summed E-state index contributed by atoms with van der Waals surface area (Å²) in [5.74, 6) is -0.227. The second kappa shape index (κ2) is 8.26. The number of fused-ring (bicyclic) bond motifs is 1. The summed E-state index contributed by atoms with van der Waals surface area (Å²) in [6.45, 7) is 3.89. The van der Waals surface area contributed by atoms with Crippen LogP contribution in [0.4, 0.5) is 5.69 Å². The molecular weight excluding hydrogens is 380 g/mol. The first-order valence-corrected chi connectivity index (χ1v) is 10.2. The van der Waals surface area contributed by atoms with Gasteiger partial charge < -0.3 is 10.1 Å². The van der Waals surface area contributed by atoms with Crippen LogP contribution in [0.2, 0.25) is 0 Å². The van der Waals surface area contributed by atoms with Gasteiger partial charge in [-0.15, -0.1) is 0 Å². The van der Waals surface area contributed by atoms with E-state index in [-0.39, 0.29) is 35.8 Å². The van der Waals surface area contributed by atoms with Gasteiger partial charge in [0.05, 0.1) is 5.56 Å². The van der Waals surface area contributed by atoms with Gasteiger partial charge >= 0.3 is 0 Å². The van der Waals surface area contributed by atoms with E-state index in [0.29, 0.717) is 18.0 Å². The fraction of sp³-hybridized carbons (Fsp3) is 0.200. The summed E-state index contributed by atoms with van der Waals surface area (Å²) in [6.07, 6.45) is 1.92. The van der Waals surface area contributed by atoms with Crippen molar-refractivity contribution in [2.45, 2.75) is 17.7 Å². The average molecular weight is 400 g/mol. The van der Waals surface area contributed by atoms with Crippen LogP contribution in [0.3, 0.4) is 0 Å². The van der Waals surface area contributed by atoms with Crippen molar-refractivity contribution in [2.24, 2.45) is 0 Å². The monoisotopic (exact) mass is 400 g/mol. The lowest BCUT2D eigenvalue weighted by Gasteiger charge is -2.14. The van der Waals surface area contributed by atoms with E-state index in [4.69, 9.17) is 4.74 Å². The summed E-state index contributed by atoms with van der Waals surface area (Å²) < 4.78 is 31.2. The molecule has 0 bridgehead atoms. The van der Waals surface area contributed by atoms with E-state index in [1.54, 1.807) is 42.5 Å². The number of carbonyl (C=O) groups excluding carboxylic acids is 2. The van der Waals surface area contributed by atoms with Crippen LogP contribution in [0.5, 0.6) is 5.75 Å². The Kier molecular flexibility index (Phi) is 5.79. The lowest BCUT2D eigenvalue weighted by molar-refractivity contribution is -0.116. The SMILES string of the molecule is C=CCOc1cccc(NC(=O)CCCN2C(=O)c3ccccc3S2(=O)=O)c1. The van der Waals surface area contributed by atoms with Gasteiger partial charge in [-0.25, -0.2) is 12.7 Å². The Morgan fingerprint density at radius 1 is 1.18 bits per heavy atom. The first kappa shape index (κ1) is 19.6. The Bertz CT molecular complexity index is 1020. The number of hydrogen-bond donors (Lipinski definition) is 1. The molecule has 1 heterocycles. The topological polar surface area (TPSA) is 92.8 Å². The maximum absolute atomic E-state index is 12.5. The van der Waals surface area contributed by atoms with Crippen LogP contribution < -0.4 is 10.1 Å². The minimum Gasteiger partial charge on any atom is -0.489 e. The van der Waals surface area contributed by atoms with Crippen LogP contribution in [0.1, 0.15) is 23.2 Å². The highest BCUT2D eigenvalue weighted by atomic mass is 32.2. The molecule has 146 valence electrons. The van der Waals surface area contributed by atoms with Crippen molar-refractivity contribution in [3.63, 3.8) is 0 Å². The maximum atomic E-state index is 12.5. The Hall–Kier alpha value is -3.13. The van der Waals surface area contributed by atoms with Crippen LogP contribution in [0.15, 0.2) is 66.1 Å². The summed E-state index contributed by atoms with van der Waals surface area (Å²) in [7, 11) is -3.84. The molecule has 2 amide bonds. The first-order valence-electron chi connectivity index (χ1n) is 8.73. The number of amides is 2. The van der Waals surface area contributed by atoms with Crippen molar-refractivity contribution in [3.05, 3.63) is 66.7 Å². The molecule has 1 N–H and O–H groups in total. The maximum Gasteiger partial charge on any atom is 0.269 e. The zero-order valence-corrected chi connectivity index (χ0v) is 15.9. The van der Waals surface area contributed by atoms with Crippen molar-refractivity contribution in [1.82, 2.24) is 4.31 Å². The Morgan fingerprint density at radius 3 is 2.71 bits per heavy atom. The standard InChI is InChI=1S/C20H20N2O5S/c1-2-13-27-16-8-5-7-15(14-16)21-19(23)11-6-12-22-20(24)17-9-3-4-10-18(17)28(22,25)26/h2-5,7-10,14H,1,6,11-13H2,(H,21,23). The molecule has 0 spiro atoms. The van der Waals surface area contributed by atoms with Gasteiger partial charge in [0, 0.05) is 24.7 Å². The zero-order chi connectivity index (χ0) is 20.1. The molecule has 0 atom stereocenters. The van der Waals surface area contributed by atoms with E-state index >= 15 is 0 Å². The van der Waals surface area contributed by atoms with E-state index in [1.807, 2.05) is 0 Å². The largest absolute Gasteiger partial charge is 0.489 e. The Labute approximate surface area is 163 Å². The lowest BCUT2D eigenvalue weighted by atomic mass is 10.2. The molecule has 0 radical (unpaired) electrons. The normalized spacial score (nSPS) is 14.4. The molecule has 1 aliphatic rings. The van der Waals surface area contributed by atoms with Gasteiger partial charge in [0.2, 0.25) is 5.91 Å². The minimum absolute atomic E-state index is 0.0146. The second-order valence-electron chi connectivity index (χ2n) is 6.16. The van der Waals surface area contributed by atoms with Gasteiger partial charge in [-0.05, 0) is 30.7 Å². The molecule has 1 aliphatic heterocycles. The lowest BCUT2D eigenvalue weighted by Crippen LogP contribution is -2.31. The van der Waals surface area contributed by atoms with E-state index in [2.05, 4.69) is 11.9 Å². The van der Waals surface area contributed by atoms with Crippen molar-refractivity contribution in [2.75, 3.05) is 18.5 Å². The molecule has 2 aromatic carbocycles. The van der Waals surface area contributed by atoms with Gasteiger partial charge in [0.25, 0.3) is 15.9 Å². The van der Waals surface area contributed by atoms with Gasteiger partial charge in [-0.1, -0.05) is 30.9 Å². The summed E-state index contributed by atoms with van der Waals surface area (Å²) >= 11 is 0. The summed E-state index contributed by atoms with van der Waals surface area (Å²) in [5, 5.41) is 2.74. The number of nitrogens with zero attached hydrogens (tertiary/aromatic N) is 1. The smallest absolute Gasteiger partial charge is 0.269 e. The van der Waals surface area contributed by atoms with Gasteiger partial charge in [0.15, 0.2) is 0 Å². The molecule has 7 nitrogen and oxygen atoms in total. The molecule has 28 heavy (non-hydrogen) atoms. The van der Waals surface area contributed by atoms with E-state index in [0.717, 1.165) is 4.31 Å². The van der Waals surface area contributed by atoms with Crippen LogP contribution in [-0.4, -0.2) is 37.7 Å². The van der Waals surface area contributed by atoms with E-state index in [9.17, 15) is 18.0 Å². The van der Waals surface area contributed by atoms with Gasteiger partial charge in [0.1, 0.15) is 17.3 Å². The molecule has 0 saturated carbocycles. The fourth-order valence-corrected chi connectivity index (χ4v) is 4.49. The number of sulfonamides is 1. The molecule has 2 aromatic rings. The van der Waals surface area contributed by atoms with E-state index < -0.39 is 15.9 Å². The third kappa shape index (κ3) is 4.07. The molecule has 0 unspecified atom stereocenters. The number of hydrogen-bond acceptors (Lipinski definition) is 5. The molecule has 0 aliphatic carbocycles. The number of benzene rings is 2. The third-order valence-corrected chi connectivity index (χ3v) is 6.00. The third-order valence-electron chi connectivity index (χ3n) is 4.16. The highest BCUT2D eigenvalue weighted by Crippen LogP contribution is 2.30. The highest BCUT2D eigenvalue weighted by molar-refractivity contribution is 7.90. The molecule has 8 heteroatoms. The fourth-order valence-electron chi connectivity index (χ4n) is 2.88. The van der Waals surface area contributed by atoms with Crippen LogP contribution >= 0.6 is 0 Å². The molecule has 0 fully saturated rings. The number of nitrogens with one attached hydrogen (secondary N) is 1. The van der Waals surface area contributed by atoms with Crippen molar-refractivity contribution < 1.29 is 22.7 Å². The molecule has 3 rings (SSSR count). The number of rotatable bonds is 8. The Morgan fingerprint density at radius 2 is 1.96 bits per heavy atom. The number of ether oxygens (including phenoxy) is 1. The Balaban J connectivity index is 1.55. The minimum atomic E-state index is -3.84. The van der Waals surface area contributed by atoms with Crippen LogP contribution in [0.25, 0.3) is 0 Å². The van der Waals surface area contributed by atoms with Gasteiger partial charge in [-0.3, -0.25) is 9.59 Å². The van der Waals surface area contributed by atoms with Crippen molar-refractivity contribution in [1.29, 1.82) is 0 Å². The van der Waals surface area contributed by atoms with Crippen LogP contribution in [0, 0.1) is 0 Å². The molecule has 0 saturated heterocycles. The predicted molar refractivity (Wildman–Crippen MR) is 105 cm³/mol.